The lowest BCUT2D eigenvalue weighted by Gasteiger charge is -2.03. The molecule has 0 saturated carbocycles. The van der Waals surface area contributed by atoms with E-state index in [-0.39, 0.29) is 17.4 Å². The molecule has 0 amide bonds. The SMILES string of the molecule is Cc1cc2c(cc1C)C(=O)/C(=C/c1cn(-c3ccccc3)nc1-c1ccc(C)c(F)c1)O2. The van der Waals surface area contributed by atoms with Crippen LogP contribution in [-0.2, 0) is 0 Å². The van der Waals surface area contributed by atoms with Crippen molar-refractivity contribution >= 4 is 11.9 Å². The fourth-order valence-corrected chi connectivity index (χ4v) is 3.76. The van der Waals surface area contributed by atoms with Crippen molar-refractivity contribution in [3.05, 3.63) is 106 Å². The molecule has 1 aromatic heterocycles. The van der Waals surface area contributed by atoms with Gasteiger partial charge in [-0.1, -0.05) is 30.3 Å². The van der Waals surface area contributed by atoms with E-state index in [1.54, 1.807) is 23.7 Å². The number of ether oxygens (including phenoxy) is 1. The van der Waals surface area contributed by atoms with Crippen LogP contribution >= 0.6 is 0 Å². The molecule has 1 aliphatic rings. The second-order valence-electron chi connectivity index (χ2n) is 8.05. The lowest BCUT2D eigenvalue weighted by Crippen LogP contribution is -1.98. The molecule has 4 aromatic rings. The van der Waals surface area contributed by atoms with E-state index in [4.69, 9.17) is 9.84 Å². The smallest absolute Gasteiger partial charge is 0.231 e. The highest BCUT2D eigenvalue weighted by Crippen LogP contribution is 2.35. The van der Waals surface area contributed by atoms with E-state index in [1.165, 1.54) is 6.07 Å². The van der Waals surface area contributed by atoms with Crippen LogP contribution < -0.4 is 4.74 Å². The first-order chi connectivity index (χ1) is 15.4. The molecule has 158 valence electrons. The van der Waals surface area contributed by atoms with Crippen LogP contribution in [0, 0.1) is 26.6 Å². The van der Waals surface area contributed by atoms with Gasteiger partial charge in [0, 0.05) is 17.3 Å². The maximum atomic E-state index is 14.3. The van der Waals surface area contributed by atoms with E-state index in [0.717, 1.165) is 16.8 Å². The lowest BCUT2D eigenvalue weighted by atomic mass is 10.0. The molecular weight excluding hydrogens is 403 g/mol. The zero-order valence-electron chi connectivity index (χ0n) is 18.0. The first-order valence-corrected chi connectivity index (χ1v) is 10.4. The van der Waals surface area contributed by atoms with Crippen molar-refractivity contribution in [1.82, 2.24) is 9.78 Å². The molecule has 5 heteroatoms. The zero-order chi connectivity index (χ0) is 22.4. The highest BCUT2D eigenvalue weighted by Gasteiger charge is 2.28. The third kappa shape index (κ3) is 3.42. The Labute approximate surface area is 185 Å². The van der Waals surface area contributed by atoms with Crippen molar-refractivity contribution in [2.24, 2.45) is 0 Å². The van der Waals surface area contributed by atoms with Crippen molar-refractivity contribution in [2.45, 2.75) is 20.8 Å². The first-order valence-electron chi connectivity index (χ1n) is 10.4. The van der Waals surface area contributed by atoms with Gasteiger partial charge in [-0.25, -0.2) is 9.07 Å². The van der Waals surface area contributed by atoms with Crippen LogP contribution in [-0.4, -0.2) is 15.6 Å². The van der Waals surface area contributed by atoms with Crippen LogP contribution in [0.5, 0.6) is 5.75 Å². The Morgan fingerprint density at radius 3 is 2.44 bits per heavy atom. The number of para-hydroxylation sites is 1. The van der Waals surface area contributed by atoms with E-state index in [0.29, 0.717) is 33.7 Å². The standard InChI is InChI=1S/C27H21FN2O2/c1-16-9-10-19(13-23(16)28)26-20(15-30(29-26)21-7-5-4-6-8-21)14-25-27(31)22-11-17(2)18(3)12-24(22)32-25/h4-15H,1-3H3/b25-14-. The average molecular weight is 424 g/mol. The Bertz CT molecular complexity index is 1400. The summed E-state index contributed by atoms with van der Waals surface area (Å²) in [5.74, 6) is 0.313. The number of Topliss-reactive ketones (excluding diaryl/α,β-unsaturated/α-hetero) is 1. The van der Waals surface area contributed by atoms with Gasteiger partial charge >= 0.3 is 0 Å². The molecule has 1 aliphatic heterocycles. The topological polar surface area (TPSA) is 44.1 Å². The van der Waals surface area contributed by atoms with Crippen molar-refractivity contribution in [2.75, 3.05) is 0 Å². The number of halogens is 1. The summed E-state index contributed by atoms with van der Waals surface area (Å²) in [6.45, 7) is 5.68. The van der Waals surface area contributed by atoms with Gasteiger partial charge in [0.2, 0.25) is 5.78 Å². The molecule has 3 aromatic carbocycles. The van der Waals surface area contributed by atoms with Gasteiger partial charge in [0.25, 0.3) is 0 Å². The Kier molecular flexibility index (Phi) is 4.74. The summed E-state index contributed by atoms with van der Waals surface area (Å²) >= 11 is 0. The van der Waals surface area contributed by atoms with E-state index >= 15 is 0 Å². The summed E-state index contributed by atoms with van der Waals surface area (Å²) in [5, 5.41) is 4.70. The predicted molar refractivity (Wildman–Crippen MR) is 123 cm³/mol. The van der Waals surface area contributed by atoms with E-state index in [1.807, 2.05) is 68.6 Å². The minimum Gasteiger partial charge on any atom is -0.452 e. The molecule has 4 nitrogen and oxygen atoms in total. The number of hydrogen-bond acceptors (Lipinski definition) is 3. The number of rotatable bonds is 3. The molecule has 0 spiro atoms. The first kappa shape index (κ1) is 19.9. The van der Waals surface area contributed by atoms with Crippen LogP contribution in [0.1, 0.15) is 32.6 Å². The van der Waals surface area contributed by atoms with Gasteiger partial charge in [-0.05, 0) is 73.9 Å². The van der Waals surface area contributed by atoms with Crippen molar-refractivity contribution in [1.29, 1.82) is 0 Å². The maximum absolute atomic E-state index is 14.3. The number of allylic oxidation sites excluding steroid dienone is 1. The molecule has 0 N–H and O–H groups in total. The highest BCUT2D eigenvalue weighted by atomic mass is 19.1. The number of aromatic nitrogens is 2. The van der Waals surface area contributed by atoms with E-state index in [2.05, 4.69) is 0 Å². The summed E-state index contributed by atoms with van der Waals surface area (Å²) < 4.78 is 21.9. The molecule has 0 atom stereocenters. The Morgan fingerprint density at radius 2 is 1.69 bits per heavy atom. The Balaban J connectivity index is 1.64. The molecule has 5 rings (SSSR count). The Hall–Kier alpha value is -3.99. The molecular formula is C27H21FN2O2. The predicted octanol–water partition coefficient (Wildman–Crippen LogP) is 6.22. The molecule has 0 radical (unpaired) electrons. The second-order valence-corrected chi connectivity index (χ2v) is 8.05. The highest BCUT2D eigenvalue weighted by molar-refractivity contribution is 6.14. The average Bonchev–Trinajstić information content (AvgIpc) is 3.33. The normalized spacial score (nSPS) is 14.0. The summed E-state index contributed by atoms with van der Waals surface area (Å²) in [7, 11) is 0. The largest absolute Gasteiger partial charge is 0.452 e. The van der Waals surface area contributed by atoms with Gasteiger partial charge in [-0.15, -0.1) is 0 Å². The molecule has 0 fully saturated rings. The number of carbonyl (C=O) groups is 1. The van der Waals surface area contributed by atoms with Crippen LogP contribution in [0.3, 0.4) is 0 Å². The quantitative estimate of drug-likeness (QED) is 0.367. The second kappa shape index (κ2) is 7.61. The monoisotopic (exact) mass is 424 g/mol. The van der Waals surface area contributed by atoms with Crippen LogP contribution in [0.25, 0.3) is 23.0 Å². The number of carbonyl (C=O) groups excluding carboxylic acids is 1. The van der Waals surface area contributed by atoms with Crippen LogP contribution in [0.2, 0.25) is 0 Å². The number of nitrogens with zero attached hydrogens (tertiary/aromatic N) is 2. The Morgan fingerprint density at radius 1 is 0.938 bits per heavy atom. The summed E-state index contributed by atoms with van der Waals surface area (Å²) in [6, 6.07) is 18.4. The number of aryl methyl sites for hydroxylation is 3. The molecule has 32 heavy (non-hydrogen) atoms. The molecule has 2 heterocycles. The summed E-state index contributed by atoms with van der Waals surface area (Å²) in [4.78, 5) is 13.0. The number of fused-ring (bicyclic) bond motifs is 1. The molecule has 0 aliphatic carbocycles. The van der Waals surface area contributed by atoms with Crippen molar-refractivity contribution < 1.29 is 13.9 Å². The number of hydrogen-bond donors (Lipinski definition) is 0. The van der Waals surface area contributed by atoms with Gasteiger partial charge in [-0.2, -0.15) is 5.10 Å². The summed E-state index contributed by atoms with van der Waals surface area (Å²) in [5.41, 5.74) is 5.94. The van der Waals surface area contributed by atoms with E-state index < -0.39 is 0 Å². The van der Waals surface area contributed by atoms with Crippen LogP contribution in [0.15, 0.2) is 72.6 Å². The van der Waals surface area contributed by atoms with Gasteiger partial charge in [0.15, 0.2) is 5.76 Å². The van der Waals surface area contributed by atoms with Crippen molar-refractivity contribution in [3.63, 3.8) is 0 Å². The minimum atomic E-state index is -0.304. The molecule has 0 saturated heterocycles. The lowest BCUT2D eigenvalue weighted by molar-refractivity contribution is 0.101. The maximum Gasteiger partial charge on any atom is 0.231 e. The molecule has 0 bridgehead atoms. The van der Waals surface area contributed by atoms with Gasteiger partial charge < -0.3 is 4.74 Å². The fraction of sp³-hybridized carbons (Fsp3) is 0.111. The molecule has 0 unspecified atom stereocenters. The van der Waals surface area contributed by atoms with Crippen molar-refractivity contribution in [3.8, 4) is 22.7 Å². The third-order valence-corrected chi connectivity index (χ3v) is 5.78. The van der Waals surface area contributed by atoms with Gasteiger partial charge in [0.1, 0.15) is 17.3 Å². The number of ketones is 1. The minimum absolute atomic E-state index is 0.170. The van der Waals surface area contributed by atoms with E-state index in [9.17, 15) is 9.18 Å². The zero-order valence-corrected chi connectivity index (χ0v) is 18.0. The summed E-state index contributed by atoms with van der Waals surface area (Å²) in [6.07, 6.45) is 3.51. The third-order valence-electron chi connectivity index (χ3n) is 5.78. The van der Waals surface area contributed by atoms with Gasteiger partial charge in [0.05, 0.1) is 11.3 Å². The fourth-order valence-electron chi connectivity index (χ4n) is 3.76. The number of benzene rings is 3. The van der Waals surface area contributed by atoms with Crippen LogP contribution in [0.4, 0.5) is 4.39 Å². The van der Waals surface area contributed by atoms with Gasteiger partial charge in [-0.3, -0.25) is 4.79 Å².